The summed E-state index contributed by atoms with van der Waals surface area (Å²) in [6.45, 7) is 4.45. The largest absolute Gasteiger partial charge is 0.503 e. The molecule has 3 N–H and O–H groups in total. The van der Waals surface area contributed by atoms with Gasteiger partial charge in [0, 0.05) is 51.6 Å². The van der Waals surface area contributed by atoms with Crippen LogP contribution in [0.4, 0.5) is 19.0 Å². The summed E-state index contributed by atoms with van der Waals surface area (Å²) in [6.07, 6.45) is 6.73. The molecule has 3 aliphatic carbocycles. The van der Waals surface area contributed by atoms with E-state index in [0.29, 0.717) is 29.5 Å². The van der Waals surface area contributed by atoms with Gasteiger partial charge in [-0.15, -0.1) is 10.2 Å². The van der Waals surface area contributed by atoms with Crippen molar-refractivity contribution in [3.63, 3.8) is 0 Å². The van der Waals surface area contributed by atoms with Crippen molar-refractivity contribution in [1.29, 1.82) is 0 Å². The van der Waals surface area contributed by atoms with E-state index in [1.54, 1.807) is 11.6 Å². The summed E-state index contributed by atoms with van der Waals surface area (Å²) in [5, 5.41) is 27.6. The number of fused-ring (bicyclic) bond motifs is 4. The predicted molar refractivity (Wildman–Crippen MR) is 213 cm³/mol. The first-order chi connectivity index (χ1) is 29.3. The molecule has 320 valence electrons. The van der Waals surface area contributed by atoms with Gasteiger partial charge >= 0.3 is 5.69 Å². The number of imide groups is 1. The molecule has 5 heterocycles. The molecule has 3 saturated carbocycles. The number of hydrogen-bond acceptors (Lipinski definition) is 12. The van der Waals surface area contributed by atoms with Crippen LogP contribution in [0.5, 0.6) is 5.75 Å². The molecule has 2 aliphatic heterocycles. The first-order valence-corrected chi connectivity index (χ1v) is 20.7. The maximum absolute atomic E-state index is 14.3. The van der Waals surface area contributed by atoms with E-state index in [9.17, 15) is 37.5 Å². The molecule has 16 nitrogen and oxygen atoms in total. The lowest BCUT2D eigenvalue weighted by Gasteiger charge is -2.52. The number of carbonyl (C=O) groups is 3. The SMILES string of the molecule is Cn1c(=O)n(C2CCC(=O)NC2=O)c2ccc(CCCN3CCN(c4ccc(-c5nc(C67CCC(CNC(=O)c8cc(F)c(O)c(F)c8F)(CC6)CC7)no5)nn4)CC3)cc21. The van der Waals surface area contributed by atoms with Crippen LogP contribution in [-0.4, -0.2) is 96.5 Å². The molecule has 3 aromatic heterocycles. The highest BCUT2D eigenvalue weighted by Crippen LogP contribution is 2.57. The lowest BCUT2D eigenvalue weighted by molar-refractivity contribution is -0.135. The van der Waals surface area contributed by atoms with E-state index in [0.717, 1.165) is 101 Å². The molecule has 1 atom stereocenters. The molecule has 2 saturated heterocycles. The topological polar surface area (TPSA) is 194 Å². The van der Waals surface area contributed by atoms with E-state index in [-0.39, 0.29) is 41.3 Å². The van der Waals surface area contributed by atoms with Crippen LogP contribution in [-0.2, 0) is 28.5 Å². The molecule has 0 radical (unpaired) electrons. The van der Waals surface area contributed by atoms with Crippen molar-refractivity contribution in [3.05, 3.63) is 81.3 Å². The lowest BCUT2D eigenvalue weighted by Crippen LogP contribution is -2.49. The van der Waals surface area contributed by atoms with Gasteiger partial charge in [-0.2, -0.15) is 9.37 Å². The number of anilines is 1. The zero-order valence-corrected chi connectivity index (χ0v) is 33.6. The summed E-state index contributed by atoms with van der Waals surface area (Å²) < 4.78 is 50.7. The molecule has 61 heavy (non-hydrogen) atoms. The van der Waals surface area contributed by atoms with Crippen molar-refractivity contribution in [2.24, 2.45) is 12.5 Å². The number of nitrogens with zero attached hydrogens (tertiary/aromatic N) is 8. The number of aryl methyl sites for hydroxylation is 2. The van der Waals surface area contributed by atoms with Crippen LogP contribution in [0.2, 0.25) is 0 Å². The quantitative estimate of drug-likeness (QED) is 0.128. The Labute approximate surface area is 347 Å². The van der Waals surface area contributed by atoms with Crippen molar-refractivity contribution < 1.29 is 37.2 Å². The number of phenolic OH excluding ortho intramolecular Hbond substituents is 1. The molecule has 19 heteroatoms. The van der Waals surface area contributed by atoms with Gasteiger partial charge in [-0.25, -0.2) is 13.6 Å². The van der Waals surface area contributed by atoms with Crippen LogP contribution in [0.15, 0.2) is 45.7 Å². The summed E-state index contributed by atoms with van der Waals surface area (Å²) in [4.78, 5) is 59.3. The smallest absolute Gasteiger partial charge is 0.329 e. The van der Waals surface area contributed by atoms with Crippen LogP contribution in [0.1, 0.15) is 85.6 Å². The summed E-state index contributed by atoms with van der Waals surface area (Å²) in [5.74, 6) is -6.31. The minimum Gasteiger partial charge on any atom is -0.503 e. The van der Waals surface area contributed by atoms with Gasteiger partial charge in [-0.05, 0) is 106 Å². The van der Waals surface area contributed by atoms with E-state index >= 15 is 0 Å². The van der Waals surface area contributed by atoms with E-state index in [1.165, 1.54) is 4.57 Å². The molecule has 5 aromatic rings. The highest BCUT2D eigenvalue weighted by atomic mass is 19.2. The maximum Gasteiger partial charge on any atom is 0.329 e. The average Bonchev–Trinajstić information content (AvgIpc) is 3.88. The molecule has 5 aliphatic rings. The van der Waals surface area contributed by atoms with Crippen molar-refractivity contribution in [2.75, 3.05) is 44.2 Å². The van der Waals surface area contributed by atoms with E-state index in [1.807, 2.05) is 30.3 Å². The fraction of sp³-hybridized carbons (Fsp3) is 0.476. The Balaban J connectivity index is 0.744. The summed E-state index contributed by atoms with van der Waals surface area (Å²) in [6, 6.07) is 9.45. The van der Waals surface area contributed by atoms with Gasteiger partial charge < -0.3 is 19.8 Å². The number of imidazole rings is 1. The van der Waals surface area contributed by atoms with Gasteiger partial charge in [0.25, 0.3) is 11.8 Å². The predicted octanol–water partition coefficient (Wildman–Crippen LogP) is 4.06. The van der Waals surface area contributed by atoms with Crippen LogP contribution in [0.25, 0.3) is 22.6 Å². The zero-order chi connectivity index (χ0) is 42.6. The number of halogens is 3. The molecule has 1 unspecified atom stereocenters. The third-order valence-electron chi connectivity index (χ3n) is 13.5. The number of rotatable bonds is 11. The lowest BCUT2D eigenvalue weighted by atomic mass is 9.53. The fourth-order valence-corrected chi connectivity index (χ4v) is 9.63. The van der Waals surface area contributed by atoms with Crippen molar-refractivity contribution in [3.8, 4) is 17.3 Å². The Morgan fingerprint density at radius 3 is 2.41 bits per heavy atom. The van der Waals surface area contributed by atoms with Gasteiger partial charge in [-0.3, -0.25) is 33.7 Å². The van der Waals surface area contributed by atoms with Gasteiger partial charge in [-0.1, -0.05) is 11.2 Å². The highest BCUT2D eigenvalue weighted by Gasteiger charge is 2.51. The van der Waals surface area contributed by atoms with Crippen LogP contribution >= 0.6 is 0 Å². The summed E-state index contributed by atoms with van der Waals surface area (Å²) >= 11 is 0. The number of aromatic nitrogens is 6. The molecule has 3 amide bonds. The monoisotopic (exact) mass is 842 g/mol. The number of phenols is 1. The van der Waals surface area contributed by atoms with Gasteiger partial charge in [0.1, 0.15) is 6.04 Å². The third-order valence-corrected chi connectivity index (χ3v) is 13.5. The molecule has 2 bridgehead atoms. The zero-order valence-electron chi connectivity index (χ0n) is 33.6. The Kier molecular flexibility index (Phi) is 10.4. The fourth-order valence-electron chi connectivity index (χ4n) is 9.63. The molecule has 0 spiro atoms. The maximum atomic E-state index is 14.3. The second kappa shape index (κ2) is 15.7. The Hall–Kier alpha value is -6.11. The Morgan fingerprint density at radius 2 is 1.70 bits per heavy atom. The first kappa shape index (κ1) is 40.3. The third kappa shape index (κ3) is 7.41. The molecular weight excluding hydrogens is 798 g/mol. The number of aromatic hydroxyl groups is 1. The molecule has 10 rings (SSSR count). The summed E-state index contributed by atoms with van der Waals surface area (Å²) in [5.41, 5.74) is 1.40. The number of carbonyl (C=O) groups excluding carboxylic acids is 3. The minimum atomic E-state index is -1.79. The number of amides is 3. The van der Waals surface area contributed by atoms with E-state index in [4.69, 9.17) is 9.51 Å². The number of piperazine rings is 1. The highest BCUT2D eigenvalue weighted by molar-refractivity contribution is 6.00. The van der Waals surface area contributed by atoms with Gasteiger partial charge in [0.2, 0.25) is 17.6 Å². The van der Waals surface area contributed by atoms with E-state index in [2.05, 4.69) is 35.8 Å². The molecule has 2 aromatic carbocycles. The van der Waals surface area contributed by atoms with Gasteiger partial charge in [0.15, 0.2) is 34.7 Å². The number of nitrogens with one attached hydrogen (secondary N) is 2. The number of benzene rings is 2. The minimum absolute atomic E-state index is 0.199. The van der Waals surface area contributed by atoms with Crippen LogP contribution in [0, 0.1) is 22.9 Å². The molecular formula is C42H45F3N10O6. The van der Waals surface area contributed by atoms with Crippen molar-refractivity contribution >= 4 is 34.6 Å². The second-order valence-corrected chi connectivity index (χ2v) is 17.0. The summed E-state index contributed by atoms with van der Waals surface area (Å²) in [7, 11) is 1.70. The number of hydrogen-bond donors (Lipinski definition) is 3. The standard InChI is InChI=1S/C42H45F3N10O6/c1-52-30-21-24(4-6-28(30)55(40(52)60)29-7-9-32(56)47-37(29)59)3-2-16-53-17-19-54(20-18-53)31-8-5-27(49-50-31)38-48-39(51-61-38)42-13-10-41(11-14-42,12-15-42)23-46-36(58)25-22-26(43)35(57)34(45)33(25)44/h4-6,8,21-22,29,57H,2-3,7,9-20,23H2,1H3,(H,46,58)(H,47,56,59). The van der Waals surface area contributed by atoms with Crippen molar-refractivity contribution in [2.45, 2.75) is 75.7 Å². The van der Waals surface area contributed by atoms with Crippen LogP contribution in [0.3, 0.4) is 0 Å². The van der Waals surface area contributed by atoms with Crippen LogP contribution < -0.4 is 21.2 Å². The Morgan fingerprint density at radius 1 is 0.951 bits per heavy atom. The molecule has 5 fully saturated rings. The van der Waals surface area contributed by atoms with Crippen molar-refractivity contribution in [1.82, 2.24) is 45.0 Å². The van der Waals surface area contributed by atoms with E-state index < -0.39 is 46.6 Å². The first-order valence-electron chi connectivity index (χ1n) is 20.7. The van der Waals surface area contributed by atoms with Gasteiger partial charge in [0.05, 0.1) is 16.6 Å². The number of piperidine rings is 1. The second-order valence-electron chi connectivity index (χ2n) is 17.0. The Bertz CT molecular complexity index is 2580. The average molecular weight is 843 g/mol. The normalized spacial score (nSPS) is 23.1.